The second-order valence-corrected chi connectivity index (χ2v) is 4.24. The fraction of sp³-hybridized carbons (Fsp3) is 0.273. The zero-order chi connectivity index (χ0) is 12.0. The summed E-state index contributed by atoms with van der Waals surface area (Å²) in [5.74, 6) is 0.493. The van der Waals surface area contributed by atoms with Crippen LogP contribution in [0.3, 0.4) is 0 Å². The molecule has 0 fully saturated rings. The van der Waals surface area contributed by atoms with Crippen molar-refractivity contribution in [2.24, 2.45) is 0 Å². The van der Waals surface area contributed by atoms with Gasteiger partial charge in [-0.1, -0.05) is 23.9 Å². The molecule has 16 heavy (non-hydrogen) atoms. The highest BCUT2D eigenvalue weighted by Gasteiger charge is 2.06. The number of carbonyl (C=O) groups excluding carboxylic acids is 2. The number of amides is 1. The molecule has 86 valence electrons. The van der Waals surface area contributed by atoms with Gasteiger partial charge in [0.15, 0.2) is 0 Å². The molecule has 0 heterocycles. The van der Waals surface area contributed by atoms with Crippen LogP contribution >= 0.6 is 11.8 Å². The molecular weight excluding hydrogens is 226 g/mol. The Hall–Kier alpha value is -1.49. The van der Waals surface area contributed by atoms with Crippen molar-refractivity contribution in [1.82, 2.24) is 5.32 Å². The van der Waals surface area contributed by atoms with Crippen molar-refractivity contribution in [3.8, 4) is 5.75 Å². The van der Waals surface area contributed by atoms with E-state index in [9.17, 15) is 14.7 Å². The van der Waals surface area contributed by atoms with Gasteiger partial charge >= 0.3 is 0 Å². The van der Waals surface area contributed by atoms with Crippen LogP contribution in [0.15, 0.2) is 24.3 Å². The zero-order valence-electron chi connectivity index (χ0n) is 8.90. The van der Waals surface area contributed by atoms with E-state index in [1.165, 1.54) is 19.1 Å². The molecule has 0 unspecified atom stereocenters. The monoisotopic (exact) mass is 239 g/mol. The summed E-state index contributed by atoms with van der Waals surface area (Å²) in [6, 6.07) is 6.21. The van der Waals surface area contributed by atoms with Crippen molar-refractivity contribution in [2.45, 2.75) is 6.92 Å². The predicted octanol–water partition coefficient (Wildman–Crippen LogP) is 1.40. The second-order valence-electron chi connectivity index (χ2n) is 3.17. The molecule has 1 aromatic rings. The number of rotatable bonds is 4. The summed E-state index contributed by atoms with van der Waals surface area (Å²) in [5, 5.41) is 11.7. The van der Waals surface area contributed by atoms with Crippen LogP contribution in [-0.2, 0) is 4.79 Å². The standard InChI is InChI=1S/C11H13NO3S/c1-8(13)12-5-6-16-11(15)9-3-2-4-10(14)7-9/h2-4,7,14H,5-6H2,1H3,(H,12,13). The van der Waals surface area contributed by atoms with E-state index in [2.05, 4.69) is 5.32 Å². The molecule has 0 saturated heterocycles. The number of phenols is 1. The Morgan fingerprint density at radius 2 is 2.19 bits per heavy atom. The summed E-state index contributed by atoms with van der Waals surface area (Å²) in [4.78, 5) is 22.1. The van der Waals surface area contributed by atoms with Gasteiger partial charge in [0.25, 0.3) is 0 Å². The molecule has 0 aliphatic rings. The van der Waals surface area contributed by atoms with Gasteiger partial charge in [-0.05, 0) is 12.1 Å². The summed E-state index contributed by atoms with van der Waals surface area (Å²) in [6.45, 7) is 1.90. The smallest absolute Gasteiger partial charge is 0.219 e. The average molecular weight is 239 g/mol. The Labute approximate surface area is 98.0 Å². The van der Waals surface area contributed by atoms with E-state index in [1.807, 2.05) is 0 Å². The van der Waals surface area contributed by atoms with Gasteiger partial charge in [-0.2, -0.15) is 0 Å². The Bertz CT molecular complexity index is 393. The molecule has 0 bridgehead atoms. The highest BCUT2D eigenvalue weighted by molar-refractivity contribution is 8.14. The molecule has 1 aromatic carbocycles. The van der Waals surface area contributed by atoms with Crippen molar-refractivity contribution in [2.75, 3.05) is 12.3 Å². The Balaban J connectivity index is 2.38. The van der Waals surface area contributed by atoms with E-state index < -0.39 is 0 Å². The van der Waals surface area contributed by atoms with Crippen LogP contribution in [0.4, 0.5) is 0 Å². The number of thioether (sulfide) groups is 1. The molecule has 0 aliphatic carbocycles. The lowest BCUT2D eigenvalue weighted by molar-refractivity contribution is -0.118. The molecule has 0 spiro atoms. The highest BCUT2D eigenvalue weighted by Crippen LogP contribution is 2.16. The van der Waals surface area contributed by atoms with Crippen molar-refractivity contribution < 1.29 is 14.7 Å². The summed E-state index contributed by atoms with van der Waals surface area (Å²) < 4.78 is 0. The fourth-order valence-corrected chi connectivity index (χ4v) is 1.77. The van der Waals surface area contributed by atoms with Gasteiger partial charge in [0, 0.05) is 24.8 Å². The van der Waals surface area contributed by atoms with E-state index in [1.54, 1.807) is 12.1 Å². The summed E-state index contributed by atoms with van der Waals surface area (Å²) in [5.41, 5.74) is 0.466. The first kappa shape index (κ1) is 12.6. The van der Waals surface area contributed by atoms with E-state index in [-0.39, 0.29) is 16.8 Å². The van der Waals surface area contributed by atoms with Crippen molar-refractivity contribution >= 4 is 22.8 Å². The molecule has 0 radical (unpaired) electrons. The zero-order valence-corrected chi connectivity index (χ0v) is 9.71. The van der Waals surface area contributed by atoms with Gasteiger partial charge in [0.1, 0.15) is 5.75 Å². The quantitative estimate of drug-likeness (QED) is 0.779. The van der Waals surface area contributed by atoms with Crippen molar-refractivity contribution in [3.05, 3.63) is 29.8 Å². The normalized spacial score (nSPS) is 9.81. The number of hydrogen-bond donors (Lipinski definition) is 2. The first-order chi connectivity index (χ1) is 7.59. The average Bonchev–Trinajstić information content (AvgIpc) is 2.24. The van der Waals surface area contributed by atoms with Crippen molar-refractivity contribution in [1.29, 1.82) is 0 Å². The number of hydrogen-bond acceptors (Lipinski definition) is 4. The number of phenolic OH excluding ortho intramolecular Hbond substituents is 1. The molecule has 5 heteroatoms. The Morgan fingerprint density at radius 3 is 2.81 bits per heavy atom. The predicted molar refractivity (Wildman–Crippen MR) is 63.6 cm³/mol. The van der Waals surface area contributed by atoms with Crippen molar-refractivity contribution in [3.63, 3.8) is 0 Å². The van der Waals surface area contributed by atoms with Gasteiger partial charge in [0.05, 0.1) is 0 Å². The van der Waals surface area contributed by atoms with Crippen LogP contribution in [0.5, 0.6) is 5.75 Å². The third-order valence-electron chi connectivity index (χ3n) is 1.79. The van der Waals surface area contributed by atoms with E-state index in [4.69, 9.17) is 0 Å². The molecule has 4 nitrogen and oxygen atoms in total. The second kappa shape index (κ2) is 6.17. The van der Waals surface area contributed by atoms with E-state index >= 15 is 0 Å². The lowest BCUT2D eigenvalue weighted by Gasteiger charge is -2.02. The first-order valence-corrected chi connectivity index (χ1v) is 5.79. The molecule has 1 rings (SSSR count). The van der Waals surface area contributed by atoms with E-state index in [0.717, 1.165) is 11.8 Å². The van der Waals surface area contributed by atoms with Crippen LogP contribution in [0.2, 0.25) is 0 Å². The molecular formula is C11H13NO3S. The highest BCUT2D eigenvalue weighted by atomic mass is 32.2. The molecule has 0 aromatic heterocycles. The van der Waals surface area contributed by atoms with Gasteiger partial charge in [-0.15, -0.1) is 0 Å². The number of benzene rings is 1. The minimum atomic E-state index is -0.110. The molecule has 0 aliphatic heterocycles. The fourth-order valence-electron chi connectivity index (χ4n) is 1.09. The number of nitrogens with one attached hydrogen (secondary N) is 1. The third kappa shape index (κ3) is 4.35. The summed E-state index contributed by atoms with van der Waals surface area (Å²) >= 11 is 1.12. The maximum Gasteiger partial charge on any atom is 0.219 e. The molecule has 1 amide bonds. The lowest BCUT2D eigenvalue weighted by Crippen LogP contribution is -2.22. The van der Waals surface area contributed by atoms with Crippen LogP contribution in [-0.4, -0.2) is 28.4 Å². The minimum Gasteiger partial charge on any atom is -0.508 e. The van der Waals surface area contributed by atoms with Crippen LogP contribution < -0.4 is 5.32 Å². The summed E-state index contributed by atoms with van der Waals surface area (Å²) in [7, 11) is 0. The minimum absolute atomic E-state index is 0.0771. The third-order valence-corrected chi connectivity index (χ3v) is 2.70. The molecule has 2 N–H and O–H groups in total. The summed E-state index contributed by atoms with van der Waals surface area (Å²) in [6.07, 6.45) is 0. The van der Waals surface area contributed by atoms with Crippen LogP contribution in [0.1, 0.15) is 17.3 Å². The van der Waals surface area contributed by atoms with Gasteiger partial charge < -0.3 is 10.4 Å². The van der Waals surface area contributed by atoms with Gasteiger partial charge in [0.2, 0.25) is 11.0 Å². The SMILES string of the molecule is CC(=O)NCCSC(=O)c1cccc(O)c1. The maximum absolute atomic E-state index is 11.6. The van der Waals surface area contributed by atoms with Crippen LogP contribution in [0, 0.1) is 0 Å². The Kier molecular flexibility index (Phi) is 4.85. The van der Waals surface area contributed by atoms with E-state index in [0.29, 0.717) is 17.9 Å². The molecule has 0 saturated carbocycles. The topological polar surface area (TPSA) is 66.4 Å². The molecule has 0 atom stereocenters. The number of carbonyl (C=O) groups is 2. The van der Waals surface area contributed by atoms with Gasteiger partial charge in [-0.3, -0.25) is 9.59 Å². The number of aromatic hydroxyl groups is 1. The first-order valence-electron chi connectivity index (χ1n) is 4.80. The lowest BCUT2D eigenvalue weighted by atomic mass is 10.2. The maximum atomic E-state index is 11.6. The van der Waals surface area contributed by atoms with Crippen LogP contribution in [0.25, 0.3) is 0 Å². The largest absolute Gasteiger partial charge is 0.508 e. The Morgan fingerprint density at radius 1 is 1.44 bits per heavy atom. The van der Waals surface area contributed by atoms with Gasteiger partial charge in [-0.25, -0.2) is 0 Å².